The second kappa shape index (κ2) is 8.00. The molecule has 3 aromatic carbocycles. The molecule has 2 heterocycles. The first kappa shape index (κ1) is 19.0. The highest BCUT2D eigenvalue weighted by molar-refractivity contribution is 7.15. The van der Waals surface area contributed by atoms with Gasteiger partial charge >= 0.3 is 0 Å². The molecule has 0 N–H and O–H groups in total. The van der Waals surface area contributed by atoms with Crippen molar-refractivity contribution >= 4 is 22.0 Å². The van der Waals surface area contributed by atoms with Crippen molar-refractivity contribution in [3.63, 3.8) is 0 Å². The molecule has 152 valence electrons. The van der Waals surface area contributed by atoms with Crippen LogP contribution in [0.15, 0.2) is 84.2 Å². The predicted octanol–water partition coefficient (Wildman–Crippen LogP) is 5.61. The minimum atomic E-state index is -0.413. The van der Waals surface area contributed by atoms with E-state index >= 15 is 0 Å². The summed E-state index contributed by atoms with van der Waals surface area (Å²) < 4.78 is 7.89. The molecule has 0 saturated heterocycles. The quantitative estimate of drug-likeness (QED) is 0.259. The van der Waals surface area contributed by atoms with E-state index in [1.807, 2.05) is 54.6 Å². The Labute approximate surface area is 181 Å². The van der Waals surface area contributed by atoms with E-state index in [9.17, 15) is 10.1 Å². The van der Waals surface area contributed by atoms with Crippen molar-refractivity contribution in [1.82, 2.24) is 14.6 Å². The molecule has 0 amide bonds. The average molecular weight is 428 g/mol. The highest BCUT2D eigenvalue weighted by Gasteiger charge is 2.15. The lowest BCUT2D eigenvalue weighted by molar-refractivity contribution is -0.384. The zero-order valence-electron chi connectivity index (χ0n) is 16.2. The van der Waals surface area contributed by atoms with Gasteiger partial charge in [0.2, 0.25) is 4.96 Å². The summed E-state index contributed by atoms with van der Waals surface area (Å²) in [5, 5.41) is 21.5. The number of hydrogen-bond donors (Lipinski definition) is 0. The van der Waals surface area contributed by atoms with Crippen LogP contribution >= 0.6 is 11.3 Å². The van der Waals surface area contributed by atoms with Gasteiger partial charge < -0.3 is 4.74 Å². The Morgan fingerprint density at radius 3 is 2.35 bits per heavy atom. The molecule has 0 radical (unpaired) electrons. The van der Waals surface area contributed by atoms with Gasteiger partial charge in [-0.2, -0.15) is 0 Å². The van der Waals surface area contributed by atoms with Crippen LogP contribution in [-0.4, -0.2) is 19.5 Å². The molecule has 2 aromatic heterocycles. The maximum atomic E-state index is 10.8. The van der Waals surface area contributed by atoms with Crippen LogP contribution in [0.4, 0.5) is 5.69 Å². The number of non-ortho nitro benzene ring substituents is 1. The van der Waals surface area contributed by atoms with Gasteiger partial charge in [-0.3, -0.25) is 14.5 Å². The lowest BCUT2D eigenvalue weighted by atomic mass is 10.1. The Bertz CT molecular complexity index is 1340. The van der Waals surface area contributed by atoms with Crippen LogP contribution in [0.3, 0.4) is 0 Å². The van der Waals surface area contributed by atoms with Crippen LogP contribution in [0.2, 0.25) is 0 Å². The van der Waals surface area contributed by atoms with Crippen molar-refractivity contribution in [3.05, 3.63) is 99.9 Å². The Morgan fingerprint density at radius 2 is 1.65 bits per heavy atom. The molecule has 0 saturated carbocycles. The Hall–Kier alpha value is -4.04. The summed E-state index contributed by atoms with van der Waals surface area (Å²) >= 11 is 1.55. The van der Waals surface area contributed by atoms with Crippen LogP contribution < -0.4 is 4.74 Å². The van der Waals surface area contributed by atoms with Gasteiger partial charge in [0.05, 0.1) is 10.6 Å². The van der Waals surface area contributed by atoms with E-state index < -0.39 is 4.92 Å². The summed E-state index contributed by atoms with van der Waals surface area (Å²) in [6.45, 7) is 0.337. The zero-order chi connectivity index (χ0) is 21.2. The van der Waals surface area contributed by atoms with Crippen molar-refractivity contribution in [3.8, 4) is 28.4 Å². The number of fused-ring (bicyclic) bond motifs is 1. The Kier molecular flexibility index (Phi) is 4.89. The zero-order valence-corrected chi connectivity index (χ0v) is 17.0. The number of hydrogen-bond acceptors (Lipinski definition) is 6. The molecular formula is C23H16N4O3S. The van der Waals surface area contributed by atoms with Gasteiger partial charge in [-0.15, -0.1) is 21.5 Å². The van der Waals surface area contributed by atoms with E-state index in [1.54, 1.807) is 23.5 Å². The van der Waals surface area contributed by atoms with Crippen LogP contribution in [-0.2, 0) is 6.61 Å². The summed E-state index contributed by atoms with van der Waals surface area (Å²) in [6.07, 6.45) is 0. The van der Waals surface area contributed by atoms with E-state index in [-0.39, 0.29) is 5.69 Å². The van der Waals surface area contributed by atoms with Gasteiger partial charge in [-0.25, -0.2) is 0 Å². The molecule has 0 fully saturated rings. The maximum Gasteiger partial charge on any atom is 0.269 e. The van der Waals surface area contributed by atoms with Crippen LogP contribution in [0.25, 0.3) is 27.6 Å². The highest BCUT2D eigenvalue weighted by Crippen LogP contribution is 2.31. The molecule has 0 aliphatic rings. The van der Waals surface area contributed by atoms with Crippen molar-refractivity contribution in [2.75, 3.05) is 0 Å². The second-order valence-corrected chi connectivity index (χ2v) is 7.70. The molecule has 31 heavy (non-hydrogen) atoms. The van der Waals surface area contributed by atoms with E-state index in [2.05, 4.69) is 20.0 Å². The van der Waals surface area contributed by atoms with E-state index in [0.717, 1.165) is 38.9 Å². The number of thiazole rings is 1. The van der Waals surface area contributed by atoms with Gasteiger partial charge in [0.1, 0.15) is 12.4 Å². The van der Waals surface area contributed by atoms with Crippen molar-refractivity contribution in [1.29, 1.82) is 0 Å². The standard InChI is InChI=1S/C23H16N4O3S/c28-27(29)19-10-6-16(7-11-19)14-30-20-12-8-17(9-13-20)21-15-31-23-25-24-22(26(21)23)18-4-2-1-3-5-18/h1-13,15H,14H2. The number of aromatic nitrogens is 3. The fourth-order valence-corrected chi connectivity index (χ4v) is 4.14. The predicted molar refractivity (Wildman–Crippen MR) is 119 cm³/mol. The number of benzene rings is 3. The number of nitro benzene ring substituents is 1. The monoisotopic (exact) mass is 428 g/mol. The number of nitrogens with zero attached hydrogens (tertiary/aromatic N) is 4. The molecule has 0 aliphatic carbocycles. The smallest absolute Gasteiger partial charge is 0.269 e. The third-order valence-electron chi connectivity index (χ3n) is 4.88. The maximum absolute atomic E-state index is 10.8. The van der Waals surface area contributed by atoms with Crippen molar-refractivity contribution in [2.24, 2.45) is 0 Å². The molecule has 8 heteroatoms. The molecular weight excluding hydrogens is 412 g/mol. The molecule has 5 rings (SSSR count). The summed E-state index contributed by atoms with van der Waals surface area (Å²) in [6, 6.07) is 24.2. The van der Waals surface area contributed by atoms with E-state index in [1.165, 1.54) is 12.1 Å². The second-order valence-electron chi connectivity index (χ2n) is 6.87. The van der Waals surface area contributed by atoms with Crippen LogP contribution in [0, 0.1) is 10.1 Å². The van der Waals surface area contributed by atoms with Gasteiger partial charge in [0.25, 0.3) is 5.69 Å². The fraction of sp³-hybridized carbons (Fsp3) is 0.0435. The topological polar surface area (TPSA) is 82.6 Å². The van der Waals surface area contributed by atoms with Crippen molar-refractivity contribution in [2.45, 2.75) is 6.61 Å². The lowest BCUT2D eigenvalue weighted by Gasteiger charge is -2.08. The lowest BCUT2D eigenvalue weighted by Crippen LogP contribution is -1.96. The molecule has 5 aromatic rings. The molecule has 0 aliphatic heterocycles. The van der Waals surface area contributed by atoms with E-state index in [0.29, 0.717) is 6.61 Å². The first-order chi connectivity index (χ1) is 15.2. The SMILES string of the molecule is O=[N+]([O-])c1ccc(COc2ccc(-c3csc4nnc(-c5ccccc5)n34)cc2)cc1. The number of ether oxygens (including phenoxy) is 1. The number of nitro groups is 1. The molecule has 0 bridgehead atoms. The molecule has 0 atom stereocenters. The van der Waals surface area contributed by atoms with Gasteiger partial charge in [0, 0.05) is 23.1 Å². The Balaban J connectivity index is 1.36. The molecule has 7 nitrogen and oxygen atoms in total. The normalized spacial score (nSPS) is 11.0. The minimum absolute atomic E-state index is 0.0686. The van der Waals surface area contributed by atoms with Crippen LogP contribution in [0.1, 0.15) is 5.56 Å². The summed E-state index contributed by atoms with van der Waals surface area (Å²) in [4.78, 5) is 11.2. The first-order valence-corrected chi connectivity index (χ1v) is 10.4. The highest BCUT2D eigenvalue weighted by atomic mass is 32.1. The van der Waals surface area contributed by atoms with Crippen LogP contribution in [0.5, 0.6) is 5.75 Å². The van der Waals surface area contributed by atoms with E-state index in [4.69, 9.17) is 4.74 Å². The van der Waals surface area contributed by atoms with Gasteiger partial charge in [0.15, 0.2) is 5.82 Å². The van der Waals surface area contributed by atoms with Gasteiger partial charge in [-0.1, -0.05) is 30.3 Å². The number of rotatable bonds is 6. The largest absolute Gasteiger partial charge is 0.489 e. The average Bonchev–Trinajstić information content (AvgIpc) is 3.41. The summed E-state index contributed by atoms with van der Waals surface area (Å²) in [5.41, 5.74) is 4.00. The fourth-order valence-electron chi connectivity index (χ4n) is 3.30. The van der Waals surface area contributed by atoms with Gasteiger partial charge in [-0.05, 0) is 47.5 Å². The van der Waals surface area contributed by atoms with Crippen molar-refractivity contribution < 1.29 is 9.66 Å². The minimum Gasteiger partial charge on any atom is -0.489 e. The third-order valence-corrected chi connectivity index (χ3v) is 5.70. The molecule has 0 spiro atoms. The Morgan fingerprint density at radius 1 is 0.903 bits per heavy atom. The summed E-state index contributed by atoms with van der Waals surface area (Å²) in [5.74, 6) is 1.53. The first-order valence-electron chi connectivity index (χ1n) is 9.54. The molecule has 0 unspecified atom stereocenters. The summed E-state index contributed by atoms with van der Waals surface area (Å²) in [7, 11) is 0. The third kappa shape index (κ3) is 3.76.